The van der Waals surface area contributed by atoms with E-state index in [9.17, 15) is 9.18 Å². The molecular formula is C20H22FN5O. The minimum absolute atomic E-state index is 0.0752. The molecule has 2 heterocycles. The topological polar surface area (TPSA) is 72.2 Å². The number of amides is 1. The molecule has 7 heteroatoms. The second-order valence-corrected chi connectivity index (χ2v) is 7.09. The number of hydrogen-bond acceptors (Lipinski definition) is 4. The molecule has 1 aromatic carbocycles. The highest BCUT2D eigenvalue weighted by molar-refractivity contribution is 5.79. The second-order valence-electron chi connectivity index (χ2n) is 7.09. The Balaban J connectivity index is 1.54. The number of rotatable bonds is 4. The summed E-state index contributed by atoms with van der Waals surface area (Å²) in [6.07, 6.45) is 6.86. The van der Waals surface area contributed by atoms with Crippen molar-refractivity contribution >= 4 is 11.6 Å². The van der Waals surface area contributed by atoms with Gasteiger partial charge in [0.05, 0.1) is 11.7 Å². The minimum Gasteiger partial charge on any atom is -0.346 e. The number of fused-ring (bicyclic) bond motifs is 1. The lowest BCUT2D eigenvalue weighted by Gasteiger charge is -2.22. The van der Waals surface area contributed by atoms with E-state index in [1.807, 2.05) is 6.92 Å². The van der Waals surface area contributed by atoms with Gasteiger partial charge < -0.3 is 5.32 Å². The first-order valence-electron chi connectivity index (χ1n) is 9.39. The molecule has 1 amide bonds. The van der Waals surface area contributed by atoms with E-state index < -0.39 is 0 Å². The van der Waals surface area contributed by atoms with Crippen molar-refractivity contribution in [2.75, 3.05) is 0 Å². The SMILES string of the molecule is C[C@@H](NC(=O)C1CCCCC1)c1nc2cc(-c3ccccc3F)ncn2n1. The number of benzene rings is 1. The first kappa shape index (κ1) is 17.6. The molecule has 3 aromatic rings. The van der Waals surface area contributed by atoms with Crippen LogP contribution in [0.3, 0.4) is 0 Å². The highest BCUT2D eigenvalue weighted by Crippen LogP contribution is 2.25. The van der Waals surface area contributed by atoms with Gasteiger partial charge in [0.25, 0.3) is 0 Å². The standard InChI is InChI=1S/C20H22FN5O/c1-13(23-20(27)14-7-3-2-4-8-14)19-24-18-11-17(22-12-26(18)25-19)15-9-5-6-10-16(15)21/h5-6,9-14H,2-4,7-8H2,1H3,(H,23,27)/t13-/m1/s1. The van der Waals surface area contributed by atoms with Crippen LogP contribution in [0.4, 0.5) is 4.39 Å². The average molecular weight is 367 g/mol. The van der Waals surface area contributed by atoms with Crippen molar-refractivity contribution in [3.8, 4) is 11.3 Å². The van der Waals surface area contributed by atoms with Crippen molar-refractivity contribution in [1.29, 1.82) is 0 Å². The summed E-state index contributed by atoms with van der Waals surface area (Å²) in [5, 5.41) is 7.43. The predicted octanol–water partition coefficient (Wildman–Crippen LogP) is 3.69. The average Bonchev–Trinajstić information content (AvgIpc) is 3.12. The van der Waals surface area contributed by atoms with Crippen LogP contribution < -0.4 is 5.32 Å². The zero-order valence-corrected chi connectivity index (χ0v) is 15.2. The highest BCUT2D eigenvalue weighted by Gasteiger charge is 2.24. The largest absolute Gasteiger partial charge is 0.346 e. The van der Waals surface area contributed by atoms with E-state index >= 15 is 0 Å². The van der Waals surface area contributed by atoms with Crippen LogP contribution in [0.25, 0.3) is 16.9 Å². The molecule has 27 heavy (non-hydrogen) atoms. The minimum atomic E-state index is -0.331. The third-order valence-electron chi connectivity index (χ3n) is 5.12. The number of aromatic nitrogens is 4. The molecule has 0 bridgehead atoms. The molecule has 2 aromatic heterocycles. The van der Waals surface area contributed by atoms with Crippen LogP contribution in [-0.2, 0) is 4.79 Å². The Morgan fingerprint density at radius 2 is 2.04 bits per heavy atom. The third-order valence-corrected chi connectivity index (χ3v) is 5.12. The molecule has 0 spiro atoms. The number of nitrogens with one attached hydrogen (secondary N) is 1. The summed E-state index contributed by atoms with van der Waals surface area (Å²) in [7, 11) is 0. The zero-order chi connectivity index (χ0) is 18.8. The summed E-state index contributed by atoms with van der Waals surface area (Å²) in [5.41, 5.74) is 1.48. The van der Waals surface area contributed by atoms with Gasteiger partial charge in [0, 0.05) is 17.5 Å². The number of carbonyl (C=O) groups is 1. The maximum absolute atomic E-state index is 14.0. The van der Waals surface area contributed by atoms with Gasteiger partial charge in [-0.15, -0.1) is 5.10 Å². The van der Waals surface area contributed by atoms with Gasteiger partial charge in [-0.3, -0.25) is 4.79 Å². The van der Waals surface area contributed by atoms with E-state index in [2.05, 4.69) is 20.4 Å². The summed E-state index contributed by atoms with van der Waals surface area (Å²) in [5.74, 6) is 0.354. The van der Waals surface area contributed by atoms with Gasteiger partial charge in [-0.05, 0) is 31.9 Å². The van der Waals surface area contributed by atoms with Gasteiger partial charge in [0.2, 0.25) is 5.91 Å². The van der Waals surface area contributed by atoms with Gasteiger partial charge in [-0.1, -0.05) is 31.4 Å². The molecule has 0 saturated heterocycles. The molecule has 1 saturated carbocycles. The number of carbonyl (C=O) groups excluding carboxylic acids is 1. The van der Waals surface area contributed by atoms with Crippen molar-refractivity contribution in [2.45, 2.75) is 45.1 Å². The van der Waals surface area contributed by atoms with Gasteiger partial charge in [0.15, 0.2) is 11.5 Å². The first-order valence-corrected chi connectivity index (χ1v) is 9.39. The second kappa shape index (κ2) is 7.42. The third kappa shape index (κ3) is 3.67. The Morgan fingerprint density at radius 1 is 1.26 bits per heavy atom. The molecular weight excluding hydrogens is 345 g/mol. The number of halogens is 1. The van der Waals surface area contributed by atoms with Crippen molar-refractivity contribution in [3.05, 3.63) is 48.3 Å². The van der Waals surface area contributed by atoms with Crippen LogP contribution in [0.5, 0.6) is 0 Å². The van der Waals surface area contributed by atoms with Crippen LogP contribution in [0.15, 0.2) is 36.7 Å². The molecule has 1 aliphatic rings. The van der Waals surface area contributed by atoms with Crippen molar-refractivity contribution in [1.82, 2.24) is 24.9 Å². The van der Waals surface area contributed by atoms with Crippen molar-refractivity contribution < 1.29 is 9.18 Å². The van der Waals surface area contributed by atoms with Crippen LogP contribution in [-0.4, -0.2) is 25.5 Å². The van der Waals surface area contributed by atoms with Crippen LogP contribution in [0, 0.1) is 11.7 Å². The van der Waals surface area contributed by atoms with Crippen molar-refractivity contribution in [3.63, 3.8) is 0 Å². The van der Waals surface area contributed by atoms with Crippen LogP contribution in [0.2, 0.25) is 0 Å². The Kier molecular flexibility index (Phi) is 4.83. The van der Waals surface area contributed by atoms with Gasteiger partial charge in [0.1, 0.15) is 12.1 Å². The molecule has 1 N–H and O–H groups in total. The summed E-state index contributed by atoms with van der Waals surface area (Å²) in [6.45, 7) is 1.88. The molecule has 0 radical (unpaired) electrons. The lowest BCUT2D eigenvalue weighted by atomic mass is 9.88. The Labute approximate surface area is 156 Å². The molecule has 140 valence electrons. The molecule has 1 atom stereocenters. The maximum atomic E-state index is 14.0. The Morgan fingerprint density at radius 3 is 2.81 bits per heavy atom. The van der Waals surface area contributed by atoms with Crippen LogP contribution >= 0.6 is 0 Å². The molecule has 6 nitrogen and oxygen atoms in total. The Bertz CT molecular complexity index is 964. The van der Waals surface area contributed by atoms with Gasteiger partial charge in [-0.2, -0.15) is 0 Å². The van der Waals surface area contributed by atoms with E-state index in [1.165, 1.54) is 18.8 Å². The normalized spacial score (nSPS) is 16.4. The summed E-state index contributed by atoms with van der Waals surface area (Å²) < 4.78 is 15.5. The fraction of sp³-hybridized carbons (Fsp3) is 0.400. The smallest absolute Gasteiger partial charge is 0.223 e. The van der Waals surface area contributed by atoms with E-state index in [-0.39, 0.29) is 23.7 Å². The molecule has 4 rings (SSSR count). The lowest BCUT2D eigenvalue weighted by Crippen LogP contribution is -2.34. The summed E-state index contributed by atoms with van der Waals surface area (Å²) in [6, 6.07) is 7.89. The van der Waals surface area contributed by atoms with E-state index in [4.69, 9.17) is 0 Å². The van der Waals surface area contributed by atoms with Gasteiger partial charge in [-0.25, -0.2) is 18.9 Å². The fourth-order valence-electron chi connectivity index (χ4n) is 3.57. The van der Waals surface area contributed by atoms with E-state index in [0.29, 0.717) is 22.7 Å². The molecule has 0 aliphatic heterocycles. The molecule has 0 unspecified atom stereocenters. The number of nitrogens with zero attached hydrogens (tertiary/aromatic N) is 4. The van der Waals surface area contributed by atoms with E-state index in [0.717, 1.165) is 25.7 Å². The fourth-order valence-corrected chi connectivity index (χ4v) is 3.57. The van der Waals surface area contributed by atoms with E-state index in [1.54, 1.807) is 28.8 Å². The Hall–Kier alpha value is -2.83. The highest BCUT2D eigenvalue weighted by atomic mass is 19.1. The summed E-state index contributed by atoms with van der Waals surface area (Å²) in [4.78, 5) is 21.2. The maximum Gasteiger partial charge on any atom is 0.223 e. The monoisotopic (exact) mass is 367 g/mol. The number of hydrogen-bond donors (Lipinski definition) is 1. The molecule has 1 fully saturated rings. The van der Waals surface area contributed by atoms with Crippen molar-refractivity contribution in [2.24, 2.45) is 5.92 Å². The predicted molar refractivity (Wildman–Crippen MR) is 99.3 cm³/mol. The zero-order valence-electron chi connectivity index (χ0n) is 15.2. The lowest BCUT2D eigenvalue weighted by molar-refractivity contribution is -0.126. The summed E-state index contributed by atoms with van der Waals surface area (Å²) >= 11 is 0. The quantitative estimate of drug-likeness (QED) is 0.763. The first-order chi connectivity index (χ1) is 13.1. The van der Waals surface area contributed by atoms with Gasteiger partial charge >= 0.3 is 0 Å². The molecule has 1 aliphatic carbocycles. The van der Waals surface area contributed by atoms with Crippen LogP contribution in [0.1, 0.15) is 50.9 Å².